The van der Waals surface area contributed by atoms with Crippen molar-refractivity contribution in [2.45, 2.75) is 36.8 Å². The number of hydrogen-bond acceptors (Lipinski definition) is 8. The molecule has 0 aliphatic heterocycles. The van der Waals surface area contributed by atoms with E-state index < -0.39 is 48.7 Å². The Morgan fingerprint density at radius 2 is 1.84 bits per heavy atom. The molecule has 1 aromatic rings. The maximum atomic E-state index is 11.9. The highest BCUT2D eigenvalue weighted by molar-refractivity contribution is 5.87. The Morgan fingerprint density at radius 3 is 2.44 bits per heavy atom. The van der Waals surface area contributed by atoms with Crippen LogP contribution in [0.25, 0.3) is 6.08 Å². The van der Waals surface area contributed by atoms with Crippen LogP contribution in [0.2, 0.25) is 0 Å². The molecule has 0 amide bonds. The van der Waals surface area contributed by atoms with Crippen LogP contribution in [0.15, 0.2) is 30.3 Å². The van der Waals surface area contributed by atoms with Gasteiger partial charge in [-0.3, -0.25) is 0 Å². The van der Waals surface area contributed by atoms with E-state index >= 15 is 0 Å². The average molecular weight is 352 g/mol. The first-order valence-corrected chi connectivity index (χ1v) is 7.60. The van der Waals surface area contributed by atoms with Gasteiger partial charge in [0.05, 0.1) is 13.2 Å². The van der Waals surface area contributed by atoms with Gasteiger partial charge in [-0.15, -0.1) is 0 Å². The molecular weight excluding hydrogens is 332 g/mol. The van der Waals surface area contributed by atoms with E-state index in [-0.39, 0.29) is 5.75 Å². The largest absolute Gasteiger partial charge is 0.508 e. The summed E-state index contributed by atoms with van der Waals surface area (Å²) in [7, 11) is 1.08. The SMILES string of the molecule is COC(=O)[C@]1(O)C[C@@H](O)[C@@H](O)[C@H](OC(=O)/C=C\c2ccc(O)cc2)C1. The lowest BCUT2D eigenvalue weighted by Crippen LogP contribution is -2.57. The van der Waals surface area contributed by atoms with Gasteiger partial charge in [-0.2, -0.15) is 0 Å². The molecule has 1 saturated carbocycles. The Kier molecular flexibility index (Phi) is 5.78. The van der Waals surface area contributed by atoms with Gasteiger partial charge in [0.25, 0.3) is 0 Å². The van der Waals surface area contributed by atoms with Gasteiger partial charge in [0.1, 0.15) is 18.0 Å². The molecule has 0 heterocycles. The average Bonchev–Trinajstić information content (AvgIpc) is 2.58. The maximum Gasteiger partial charge on any atom is 0.338 e. The van der Waals surface area contributed by atoms with Gasteiger partial charge in [-0.1, -0.05) is 12.1 Å². The highest BCUT2D eigenvalue weighted by atomic mass is 16.6. The summed E-state index contributed by atoms with van der Waals surface area (Å²) in [6.45, 7) is 0. The van der Waals surface area contributed by atoms with Crippen LogP contribution in [0.5, 0.6) is 5.75 Å². The van der Waals surface area contributed by atoms with E-state index in [9.17, 15) is 30.0 Å². The Balaban J connectivity index is 2.04. The molecule has 4 N–H and O–H groups in total. The van der Waals surface area contributed by atoms with E-state index in [1.807, 2.05) is 0 Å². The van der Waals surface area contributed by atoms with Gasteiger partial charge in [0.15, 0.2) is 5.60 Å². The van der Waals surface area contributed by atoms with Crippen molar-refractivity contribution < 1.29 is 39.5 Å². The number of hydrogen-bond donors (Lipinski definition) is 4. The Morgan fingerprint density at radius 1 is 1.20 bits per heavy atom. The van der Waals surface area contributed by atoms with Crippen molar-refractivity contribution in [1.29, 1.82) is 0 Å². The number of phenols is 1. The molecule has 8 heteroatoms. The van der Waals surface area contributed by atoms with Gasteiger partial charge in [-0.25, -0.2) is 9.59 Å². The first-order chi connectivity index (χ1) is 11.7. The number of aliphatic hydroxyl groups is 3. The number of carbonyl (C=O) groups is 2. The number of benzene rings is 1. The second-order valence-corrected chi connectivity index (χ2v) is 5.89. The summed E-state index contributed by atoms with van der Waals surface area (Å²) in [5.74, 6) is -1.71. The Labute approximate surface area is 143 Å². The van der Waals surface area contributed by atoms with Crippen molar-refractivity contribution in [3.8, 4) is 5.75 Å². The summed E-state index contributed by atoms with van der Waals surface area (Å²) in [6.07, 6.45) is -2.44. The fourth-order valence-corrected chi connectivity index (χ4v) is 2.66. The number of aromatic hydroxyl groups is 1. The fraction of sp³-hybridized carbons (Fsp3) is 0.412. The highest BCUT2D eigenvalue weighted by Crippen LogP contribution is 2.32. The third-order valence-electron chi connectivity index (χ3n) is 4.00. The number of carbonyl (C=O) groups excluding carboxylic acids is 2. The smallest absolute Gasteiger partial charge is 0.338 e. The molecule has 136 valence electrons. The summed E-state index contributed by atoms with van der Waals surface area (Å²) in [6, 6.07) is 6.05. The minimum atomic E-state index is -2.04. The van der Waals surface area contributed by atoms with Crippen LogP contribution in [-0.2, 0) is 19.1 Å². The first-order valence-electron chi connectivity index (χ1n) is 7.60. The van der Waals surface area contributed by atoms with E-state index in [2.05, 4.69) is 4.74 Å². The molecule has 0 bridgehead atoms. The van der Waals surface area contributed by atoms with Crippen molar-refractivity contribution in [2.24, 2.45) is 0 Å². The first kappa shape index (κ1) is 18.9. The van der Waals surface area contributed by atoms with Gasteiger partial charge in [-0.05, 0) is 23.8 Å². The van der Waals surface area contributed by atoms with E-state index in [1.165, 1.54) is 18.2 Å². The van der Waals surface area contributed by atoms with Crippen LogP contribution >= 0.6 is 0 Å². The second-order valence-electron chi connectivity index (χ2n) is 5.89. The molecule has 2 rings (SSSR count). The number of esters is 2. The van der Waals surface area contributed by atoms with Crippen LogP contribution in [-0.4, -0.2) is 63.4 Å². The van der Waals surface area contributed by atoms with Crippen LogP contribution in [0, 0.1) is 0 Å². The third kappa shape index (κ3) is 4.56. The van der Waals surface area contributed by atoms with E-state index in [0.29, 0.717) is 5.56 Å². The van der Waals surface area contributed by atoms with Crippen molar-refractivity contribution >= 4 is 18.0 Å². The van der Waals surface area contributed by atoms with Gasteiger partial charge in [0.2, 0.25) is 0 Å². The molecule has 1 aromatic carbocycles. The minimum Gasteiger partial charge on any atom is -0.508 e. The van der Waals surface area contributed by atoms with Crippen LogP contribution in [0.3, 0.4) is 0 Å². The number of phenolic OH excluding ortho intramolecular Hbond substituents is 1. The predicted molar refractivity (Wildman–Crippen MR) is 85.2 cm³/mol. The topological polar surface area (TPSA) is 134 Å². The molecular formula is C17H20O8. The van der Waals surface area contributed by atoms with E-state index in [1.54, 1.807) is 12.1 Å². The zero-order chi connectivity index (χ0) is 18.6. The van der Waals surface area contributed by atoms with E-state index in [0.717, 1.165) is 13.2 Å². The van der Waals surface area contributed by atoms with Crippen LogP contribution in [0.1, 0.15) is 18.4 Å². The summed E-state index contributed by atoms with van der Waals surface area (Å²) in [4.78, 5) is 23.6. The Bertz CT molecular complexity index is 653. The summed E-state index contributed by atoms with van der Waals surface area (Å²) < 4.78 is 9.54. The van der Waals surface area contributed by atoms with Crippen molar-refractivity contribution in [3.05, 3.63) is 35.9 Å². The number of ether oxygens (including phenoxy) is 2. The fourth-order valence-electron chi connectivity index (χ4n) is 2.66. The molecule has 0 saturated heterocycles. The zero-order valence-electron chi connectivity index (χ0n) is 13.5. The summed E-state index contributed by atoms with van der Waals surface area (Å²) in [5.41, 5.74) is -1.41. The lowest BCUT2D eigenvalue weighted by molar-refractivity contribution is -0.198. The quantitative estimate of drug-likeness (QED) is 0.430. The van der Waals surface area contributed by atoms with Crippen LogP contribution < -0.4 is 0 Å². The molecule has 0 unspecified atom stereocenters. The number of methoxy groups -OCH3 is 1. The molecule has 0 spiro atoms. The maximum absolute atomic E-state index is 11.9. The standard InChI is InChI=1S/C17H20O8/c1-24-16(22)17(23)8-12(19)15(21)13(9-17)25-14(20)7-4-10-2-5-11(18)6-3-10/h2-7,12-13,15,18-19,21,23H,8-9H2,1H3/b7-4-/t12-,13-,15-,17+/m1/s1. The highest BCUT2D eigenvalue weighted by Gasteiger charge is 2.50. The zero-order valence-corrected chi connectivity index (χ0v) is 13.5. The molecule has 25 heavy (non-hydrogen) atoms. The summed E-state index contributed by atoms with van der Waals surface area (Å²) in [5, 5.41) is 39.2. The molecule has 1 fully saturated rings. The van der Waals surface area contributed by atoms with Crippen LogP contribution in [0.4, 0.5) is 0 Å². The van der Waals surface area contributed by atoms with Crippen molar-refractivity contribution in [2.75, 3.05) is 7.11 Å². The number of aliphatic hydroxyl groups excluding tert-OH is 2. The summed E-state index contributed by atoms with van der Waals surface area (Å²) >= 11 is 0. The molecule has 4 atom stereocenters. The monoisotopic (exact) mass is 352 g/mol. The van der Waals surface area contributed by atoms with E-state index in [4.69, 9.17) is 4.74 Å². The van der Waals surface area contributed by atoms with Gasteiger partial charge in [0, 0.05) is 18.9 Å². The lowest BCUT2D eigenvalue weighted by atomic mass is 9.79. The minimum absolute atomic E-state index is 0.0844. The second kappa shape index (κ2) is 7.64. The van der Waals surface area contributed by atoms with Crippen molar-refractivity contribution in [1.82, 2.24) is 0 Å². The molecule has 8 nitrogen and oxygen atoms in total. The number of rotatable bonds is 4. The normalized spacial score (nSPS) is 29.4. The van der Waals surface area contributed by atoms with Crippen molar-refractivity contribution in [3.63, 3.8) is 0 Å². The molecule has 0 radical (unpaired) electrons. The predicted octanol–water partition coefficient (Wildman–Crippen LogP) is -0.263. The lowest BCUT2D eigenvalue weighted by Gasteiger charge is -2.39. The Hall–Kier alpha value is -2.42. The molecule has 1 aliphatic rings. The van der Waals surface area contributed by atoms with Gasteiger partial charge >= 0.3 is 11.9 Å². The van der Waals surface area contributed by atoms with Gasteiger partial charge < -0.3 is 29.9 Å². The molecule has 0 aromatic heterocycles. The third-order valence-corrected chi connectivity index (χ3v) is 4.00. The molecule has 1 aliphatic carbocycles.